The van der Waals surface area contributed by atoms with E-state index in [0.717, 1.165) is 5.06 Å². The van der Waals surface area contributed by atoms with Gasteiger partial charge in [-0.3, -0.25) is 14.9 Å². The maximum atomic E-state index is 11.9. The first-order chi connectivity index (χ1) is 9.18. The molecular weight excluding hydrogens is 240 g/mol. The number of carbonyl (C=O) groups is 1. The van der Waals surface area contributed by atoms with Crippen LogP contribution < -0.4 is 0 Å². The Morgan fingerprint density at radius 3 is 1.74 bits per heavy atom. The van der Waals surface area contributed by atoms with Gasteiger partial charge in [0.25, 0.3) is 5.91 Å². The highest BCUT2D eigenvalue weighted by Crippen LogP contribution is 2.29. The molecule has 4 nitrogen and oxygen atoms in total. The molecule has 2 saturated carbocycles. The molecule has 2 rings (SSSR count). The van der Waals surface area contributed by atoms with Gasteiger partial charge in [-0.25, -0.2) is 5.06 Å². The predicted molar refractivity (Wildman–Crippen MR) is 75.0 cm³/mol. The third kappa shape index (κ3) is 4.18. The summed E-state index contributed by atoms with van der Waals surface area (Å²) >= 11 is 0. The van der Waals surface area contributed by atoms with Crippen LogP contribution in [0.2, 0.25) is 0 Å². The molecule has 0 aromatic heterocycles. The van der Waals surface area contributed by atoms with E-state index in [0.29, 0.717) is 18.6 Å². The van der Waals surface area contributed by atoms with Crippen molar-refractivity contribution in [1.82, 2.24) is 9.96 Å². The molecular formula is C15H28N2O2. The summed E-state index contributed by atoms with van der Waals surface area (Å²) in [6.07, 6.45) is 12.7. The molecule has 19 heavy (non-hydrogen) atoms. The summed E-state index contributed by atoms with van der Waals surface area (Å²) in [4.78, 5) is 14.3. The van der Waals surface area contributed by atoms with Crippen molar-refractivity contribution in [3.05, 3.63) is 0 Å². The van der Waals surface area contributed by atoms with Crippen molar-refractivity contribution in [2.45, 2.75) is 76.3 Å². The molecule has 2 aliphatic rings. The van der Waals surface area contributed by atoms with E-state index in [9.17, 15) is 10.0 Å². The lowest BCUT2D eigenvalue weighted by atomic mass is 9.88. The first-order valence-electron chi connectivity index (χ1n) is 7.89. The van der Waals surface area contributed by atoms with E-state index in [-0.39, 0.29) is 5.91 Å². The average molecular weight is 268 g/mol. The Morgan fingerprint density at radius 2 is 1.37 bits per heavy atom. The van der Waals surface area contributed by atoms with Crippen LogP contribution in [-0.2, 0) is 4.79 Å². The number of hydrogen-bond donors (Lipinski definition) is 1. The summed E-state index contributed by atoms with van der Waals surface area (Å²) in [6.45, 7) is 0.391. The second kappa shape index (κ2) is 7.25. The smallest absolute Gasteiger partial charge is 0.259 e. The maximum absolute atomic E-state index is 11.9. The largest absolute Gasteiger partial charge is 0.288 e. The fourth-order valence-electron chi connectivity index (χ4n) is 3.64. The summed E-state index contributed by atoms with van der Waals surface area (Å²) in [5.41, 5.74) is 0. The molecule has 0 atom stereocenters. The Kier molecular flexibility index (Phi) is 5.64. The van der Waals surface area contributed by atoms with Crippen molar-refractivity contribution in [3.63, 3.8) is 0 Å². The highest BCUT2D eigenvalue weighted by molar-refractivity contribution is 5.76. The number of likely N-dealkylation sites (N-methyl/N-ethyl adjacent to an activating group) is 1. The Bertz CT molecular complexity index is 264. The quantitative estimate of drug-likeness (QED) is 0.630. The minimum absolute atomic E-state index is 0.170. The monoisotopic (exact) mass is 268 g/mol. The van der Waals surface area contributed by atoms with Gasteiger partial charge in [0, 0.05) is 19.1 Å². The lowest BCUT2D eigenvalue weighted by molar-refractivity contribution is -0.162. The van der Waals surface area contributed by atoms with E-state index in [1.807, 2.05) is 0 Å². The van der Waals surface area contributed by atoms with Gasteiger partial charge >= 0.3 is 0 Å². The van der Waals surface area contributed by atoms with Crippen molar-refractivity contribution < 1.29 is 10.0 Å². The van der Waals surface area contributed by atoms with Crippen LogP contribution in [-0.4, -0.2) is 46.8 Å². The minimum atomic E-state index is -0.170. The van der Waals surface area contributed by atoms with E-state index in [1.54, 1.807) is 0 Å². The molecule has 0 aliphatic heterocycles. The van der Waals surface area contributed by atoms with E-state index in [1.165, 1.54) is 71.3 Å². The van der Waals surface area contributed by atoms with Crippen LogP contribution in [0.1, 0.15) is 64.2 Å². The lowest BCUT2D eigenvalue weighted by Crippen LogP contribution is -2.49. The summed E-state index contributed by atoms with van der Waals surface area (Å²) in [5.74, 6) is -0.170. The van der Waals surface area contributed by atoms with Gasteiger partial charge in [0.2, 0.25) is 0 Å². The maximum Gasteiger partial charge on any atom is 0.259 e. The fourth-order valence-corrected chi connectivity index (χ4v) is 3.64. The van der Waals surface area contributed by atoms with E-state index < -0.39 is 0 Å². The molecule has 110 valence electrons. The molecule has 0 aromatic carbocycles. The molecule has 0 unspecified atom stereocenters. The van der Waals surface area contributed by atoms with Gasteiger partial charge < -0.3 is 0 Å². The van der Waals surface area contributed by atoms with Gasteiger partial charge in [-0.2, -0.15) is 0 Å². The zero-order chi connectivity index (χ0) is 13.7. The topological polar surface area (TPSA) is 43.8 Å². The number of rotatable bonds is 4. The molecule has 0 radical (unpaired) electrons. The van der Waals surface area contributed by atoms with E-state index >= 15 is 0 Å². The number of hydrogen-bond acceptors (Lipinski definition) is 3. The highest BCUT2D eigenvalue weighted by Gasteiger charge is 2.30. The van der Waals surface area contributed by atoms with Crippen LogP contribution in [0.4, 0.5) is 0 Å². The van der Waals surface area contributed by atoms with E-state index in [4.69, 9.17) is 0 Å². The fraction of sp³-hybridized carbons (Fsp3) is 0.933. The van der Waals surface area contributed by atoms with Gasteiger partial charge in [-0.05, 0) is 25.7 Å². The molecule has 2 aliphatic carbocycles. The van der Waals surface area contributed by atoms with Gasteiger partial charge in [0.05, 0.1) is 6.54 Å². The first-order valence-corrected chi connectivity index (χ1v) is 7.89. The van der Waals surface area contributed by atoms with Gasteiger partial charge in [-0.15, -0.1) is 0 Å². The molecule has 2 fully saturated rings. The van der Waals surface area contributed by atoms with Crippen LogP contribution in [0.25, 0.3) is 0 Å². The normalized spacial score (nSPS) is 22.7. The van der Waals surface area contributed by atoms with Gasteiger partial charge in [-0.1, -0.05) is 38.5 Å². The minimum Gasteiger partial charge on any atom is -0.288 e. The number of amides is 1. The molecule has 0 aromatic rings. The molecule has 0 bridgehead atoms. The zero-order valence-electron chi connectivity index (χ0n) is 12.2. The number of carbonyl (C=O) groups excluding carboxylic acids is 1. The van der Waals surface area contributed by atoms with Crippen LogP contribution in [0, 0.1) is 0 Å². The van der Waals surface area contributed by atoms with Crippen molar-refractivity contribution >= 4 is 5.91 Å². The Morgan fingerprint density at radius 1 is 0.947 bits per heavy atom. The zero-order valence-corrected chi connectivity index (χ0v) is 12.2. The third-order valence-corrected chi connectivity index (χ3v) is 4.77. The third-order valence-electron chi connectivity index (χ3n) is 4.77. The van der Waals surface area contributed by atoms with Crippen molar-refractivity contribution in [2.24, 2.45) is 0 Å². The van der Waals surface area contributed by atoms with Gasteiger partial charge in [0.1, 0.15) is 0 Å². The number of hydroxylamine groups is 2. The Labute approximate surface area is 116 Å². The summed E-state index contributed by atoms with van der Waals surface area (Å²) in [5, 5.41) is 10.1. The second-order valence-corrected chi connectivity index (χ2v) is 6.17. The lowest BCUT2D eigenvalue weighted by Gasteiger charge is -2.41. The Balaban J connectivity index is 2.00. The molecule has 1 amide bonds. The van der Waals surface area contributed by atoms with Crippen LogP contribution in [0.5, 0.6) is 0 Å². The molecule has 4 heteroatoms. The van der Waals surface area contributed by atoms with Gasteiger partial charge in [0.15, 0.2) is 0 Å². The predicted octanol–water partition coefficient (Wildman–Crippen LogP) is 2.80. The summed E-state index contributed by atoms with van der Waals surface area (Å²) < 4.78 is 0. The number of nitrogens with zero attached hydrogens (tertiary/aromatic N) is 2. The molecule has 0 spiro atoms. The average Bonchev–Trinajstić information content (AvgIpc) is 2.46. The summed E-state index contributed by atoms with van der Waals surface area (Å²) in [6, 6.07) is 1.11. The van der Waals surface area contributed by atoms with Crippen molar-refractivity contribution in [3.8, 4) is 0 Å². The van der Waals surface area contributed by atoms with Crippen molar-refractivity contribution in [1.29, 1.82) is 0 Å². The second-order valence-electron chi connectivity index (χ2n) is 6.17. The van der Waals surface area contributed by atoms with E-state index in [2.05, 4.69) is 4.90 Å². The van der Waals surface area contributed by atoms with Crippen LogP contribution in [0.3, 0.4) is 0 Å². The SMILES string of the molecule is CN(O)C(=O)CN(C1CCCCC1)C1CCCCC1. The first kappa shape index (κ1) is 14.8. The molecule has 1 N–H and O–H groups in total. The standard InChI is InChI=1S/C15H28N2O2/c1-16(19)15(18)12-17(13-8-4-2-5-9-13)14-10-6-3-7-11-14/h13-14,19H,2-12H2,1H3. The highest BCUT2D eigenvalue weighted by atomic mass is 16.5. The van der Waals surface area contributed by atoms with Crippen LogP contribution in [0.15, 0.2) is 0 Å². The molecule has 0 heterocycles. The Hall–Kier alpha value is -0.610. The van der Waals surface area contributed by atoms with Crippen molar-refractivity contribution in [2.75, 3.05) is 13.6 Å². The molecule has 0 saturated heterocycles. The summed E-state index contributed by atoms with van der Waals surface area (Å²) in [7, 11) is 1.43. The van der Waals surface area contributed by atoms with Crippen LogP contribution >= 0.6 is 0 Å².